The highest BCUT2D eigenvalue weighted by Gasteiger charge is 2.31. The Kier molecular flexibility index (Phi) is 8.46. The van der Waals surface area contributed by atoms with E-state index in [1.165, 1.54) is 5.56 Å². The monoisotopic (exact) mass is 481 g/mol. The number of nitrogens with zero attached hydrogens (tertiary/aromatic N) is 4. The van der Waals surface area contributed by atoms with Crippen LogP contribution in [0.2, 0.25) is 0 Å². The average Bonchev–Trinajstić information content (AvgIpc) is 3.33. The Bertz CT molecular complexity index is 922. The number of rotatable bonds is 8. The fourth-order valence-electron chi connectivity index (χ4n) is 5.61. The first-order chi connectivity index (χ1) is 17.2. The molecular weight excluding hydrogens is 442 g/mol. The number of aromatic nitrogens is 1. The predicted molar refractivity (Wildman–Crippen MR) is 134 cm³/mol. The Balaban J connectivity index is 1.09. The molecule has 4 heterocycles. The van der Waals surface area contributed by atoms with E-state index in [1.54, 1.807) is 0 Å². The molecule has 0 aliphatic carbocycles. The van der Waals surface area contributed by atoms with Crippen LogP contribution in [0.1, 0.15) is 29.9 Å². The van der Waals surface area contributed by atoms with Gasteiger partial charge in [0.05, 0.1) is 25.5 Å². The zero-order chi connectivity index (χ0) is 23.9. The van der Waals surface area contributed by atoms with Crippen molar-refractivity contribution < 1.29 is 14.1 Å². The van der Waals surface area contributed by atoms with Gasteiger partial charge in [0.2, 0.25) is 5.91 Å². The number of amides is 1. The number of benzene rings is 1. The Morgan fingerprint density at radius 2 is 1.74 bits per heavy atom. The lowest BCUT2D eigenvalue weighted by Crippen LogP contribution is -2.49. The standard InChI is InChI=1S/C27H39N5O3/c33-27(32-10-8-30(9-11-32)20-22-4-2-1-3-5-22)17-23-6-7-28-19-24(23)16-25-18-26(35-29-25)21-31-12-14-34-15-13-31/h1-5,18,23-24,28H,6-17,19-21H2. The minimum absolute atomic E-state index is 0.314. The van der Waals surface area contributed by atoms with Crippen molar-refractivity contribution in [2.75, 3.05) is 65.6 Å². The van der Waals surface area contributed by atoms with Crippen LogP contribution in [-0.4, -0.2) is 91.3 Å². The average molecular weight is 482 g/mol. The molecule has 0 bridgehead atoms. The van der Waals surface area contributed by atoms with Crippen LogP contribution < -0.4 is 5.32 Å². The molecule has 3 saturated heterocycles. The van der Waals surface area contributed by atoms with Crippen molar-refractivity contribution in [1.29, 1.82) is 0 Å². The van der Waals surface area contributed by atoms with E-state index >= 15 is 0 Å². The molecule has 2 atom stereocenters. The molecule has 8 heteroatoms. The van der Waals surface area contributed by atoms with Gasteiger partial charge >= 0.3 is 0 Å². The van der Waals surface area contributed by atoms with E-state index in [9.17, 15) is 4.79 Å². The first-order valence-electron chi connectivity index (χ1n) is 13.2. The van der Waals surface area contributed by atoms with Gasteiger partial charge in [-0.05, 0) is 43.3 Å². The minimum Gasteiger partial charge on any atom is -0.379 e. The van der Waals surface area contributed by atoms with E-state index in [2.05, 4.69) is 61.6 Å². The Morgan fingerprint density at radius 3 is 2.54 bits per heavy atom. The smallest absolute Gasteiger partial charge is 0.222 e. The number of piperazine rings is 1. The third-order valence-electron chi connectivity index (χ3n) is 7.74. The first kappa shape index (κ1) is 24.4. The molecule has 3 fully saturated rings. The lowest BCUT2D eigenvalue weighted by Gasteiger charge is -2.37. The number of piperidine rings is 1. The molecule has 1 amide bonds. The van der Waals surface area contributed by atoms with Crippen molar-refractivity contribution in [3.05, 3.63) is 53.4 Å². The maximum Gasteiger partial charge on any atom is 0.222 e. The molecule has 0 radical (unpaired) electrons. The largest absolute Gasteiger partial charge is 0.379 e. The van der Waals surface area contributed by atoms with Crippen LogP contribution >= 0.6 is 0 Å². The zero-order valence-electron chi connectivity index (χ0n) is 20.7. The van der Waals surface area contributed by atoms with Crippen molar-refractivity contribution in [2.24, 2.45) is 11.8 Å². The number of carbonyl (C=O) groups is 1. The van der Waals surface area contributed by atoms with Gasteiger partial charge in [-0.3, -0.25) is 14.6 Å². The molecule has 8 nitrogen and oxygen atoms in total. The highest BCUT2D eigenvalue weighted by molar-refractivity contribution is 5.76. The van der Waals surface area contributed by atoms with E-state index in [0.29, 0.717) is 24.2 Å². The third-order valence-corrected chi connectivity index (χ3v) is 7.74. The Labute approximate surface area is 208 Å². The predicted octanol–water partition coefficient (Wildman–Crippen LogP) is 2.01. The molecule has 2 aromatic rings. The van der Waals surface area contributed by atoms with Crippen molar-refractivity contribution >= 4 is 5.91 Å². The van der Waals surface area contributed by atoms with E-state index in [-0.39, 0.29) is 0 Å². The number of hydrogen-bond acceptors (Lipinski definition) is 7. The van der Waals surface area contributed by atoms with Crippen LogP contribution in [0.3, 0.4) is 0 Å². The molecule has 3 aliphatic rings. The number of hydrogen-bond donors (Lipinski definition) is 1. The molecule has 0 spiro atoms. The second kappa shape index (κ2) is 12.1. The second-order valence-electron chi connectivity index (χ2n) is 10.2. The minimum atomic E-state index is 0.314. The lowest BCUT2D eigenvalue weighted by molar-refractivity contribution is -0.134. The molecular formula is C27H39N5O3. The SMILES string of the molecule is O=C(CC1CCNCC1Cc1cc(CN2CCOCC2)on1)N1CCN(Cc2ccccc2)CC1. The summed E-state index contributed by atoms with van der Waals surface area (Å²) in [6, 6.07) is 12.7. The van der Waals surface area contributed by atoms with E-state index in [4.69, 9.17) is 9.26 Å². The molecule has 2 unspecified atom stereocenters. The quantitative estimate of drug-likeness (QED) is 0.618. The number of morpholine rings is 1. The first-order valence-corrected chi connectivity index (χ1v) is 13.2. The van der Waals surface area contributed by atoms with E-state index in [0.717, 1.165) is 103 Å². The summed E-state index contributed by atoms with van der Waals surface area (Å²) in [7, 11) is 0. The molecule has 1 aromatic carbocycles. The maximum atomic E-state index is 13.2. The topological polar surface area (TPSA) is 74.1 Å². The normalized spacial score (nSPS) is 24.5. The van der Waals surface area contributed by atoms with Crippen LogP contribution in [0.15, 0.2) is 40.9 Å². The maximum absolute atomic E-state index is 13.2. The molecule has 1 aromatic heterocycles. The summed E-state index contributed by atoms with van der Waals surface area (Å²) in [5.41, 5.74) is 2.35. The van der Waals surface area contributed by atoms with Crippen molar-refractivity contribution in [2.45, 2.75) is 32.4 Å². The fraction of sp³-hybridized carbons (Fsp3) is 0.630. The van der Waals surface area contributed by atoms with Crippen LogP contribution in [-0.2, 0) is 29.0 Å². The van der Waals surface area contributed by atoms with Gasteiger partial charge < -0.3 is 19.5 Å². The van der Waals surface area contributed by atoms with E-state index in [1.807, 2.05) is 0 Å². The van der Waals surface area contributed by atoms with Gasteiger partial charge in [-0.15, -0.1) is 0 Å². The van der Waals surface area contributed by atoms with Crippen LogP contribution in [0, 0.1) is 11.8 Å². The van der Waals surface area contributed by atoms with Gasteiger partial charge in [-0.2, -0.15) is 0 Å². The number of carbonyl (C=O) groups excluding carboxylic acids is 1. The van der Waals surface area contributed by atoms with Crippen LogP contribution in [0.4, 0.5) is 0 Å². The molecule has 3 aliphatic heterocycles. The van der Waals surface area contributed by atoms with Gasteiger partial charge in [0.25, 0.3) is 0 Å². The van der Waals surface area contributed by atoms with Gasteiger partial charge in [-0.1, -0.05) is 35.5 Å². The Morgan fingerprint density at radius 1 is 0.971 bits per heavy atom. The molecule has 5 rings (SSSR count). The van der Waals surface area contributed by atoms with Crippen molar-refractivity contribution in [1.82, 2.24) is 25.2 Å². The third kappa shape index (κ3) is 6.91. The molecule has 0 saturated carbocycles. The van der Waals surface area contributed by atoms with Gasteiger partial charge in [0.15, 0.2) is 5.76 Å². The van der Waals surface area contributed by atoms with Gasteiger partial charge in [-0.25, -0.2) is 0 Å². The highest BCUT2D eigenvalue weighted by Crippen LogP contribution is 2.27. The summed E-state index contributed by atoms with van der Waals surface area (Å²) in [4.78, 5) is 20.1. The van der Waals surface area contributed by atoms with Crippen LogP contribution in [0.25, 0.3) is 0 Å². The summed E-state index contributed by atoms with van der Waals surface area (Å²) >= 11 is 0. The van der Waals surface area contributed by atoms with Gasteiger partial charge in [0.1, 0.15) is 0 Å². The Hall–Kier alpha value is -2.26. The van der Waals surface area contributed by atoms with Gasteiger partial charge in [0, 0.05) is 58.3 Å². The van der Waals surface area contributed by atoms with Crippen LogP contribution in [0.5, 0.6) is 0 Å². The van der Waals surface area contributed by atoms with E-state index < -0.39 is 0 Å². The lowest BCUT2D eigenvalue weighted by atomic mass is 9.81. The van der Waals surface area contributed by atoms with Crippen molar-refractivity contribution in [3.63, 3.8) is 0 Å². The highest BCUT2D eigenvalue weighted by atomic mass is 16.5. The second-order valence-corrected chi connectivity index (χ2v) is 10.2. The summed E-state index contributed by atoms with van der Waals surface area (Å²) < 4.78 is 11.1. The summed E-state index contributed by atoms with van der Waals surface area (Å²) in [5.74, 6) is 2.04. The fourth-order valence-corrected chi connectivity index (χ4v) is 5.61. The number of ether oxygens (including phenoxy) is 1. The van der Waals surface area contributed by atoms with Crippen molar-refractivity contribution in [3.8, 4) is 0 Å². The molecule has 1 N–H and O–H groups in total. The summed E-state index contributed by atoms with van der Waals surface area (Å²) in [6.45, 7) is 10.7. The number of nitrogens with one attached hydrogen (secondary N) is 1. The zero-order valence-corrected chi connectivity index (χ0v) is 20.7. The summed E-state index contributed by atoms with van der Waals surface area (Å²) in [5, 5.41) is 7.89. The molecule has 35 heavy (non-hydrogen) atoms. The summed E-state index contributed by atoms with van der Waals surface area (Å²) in [6.07, 6.45) is 2.55. The molecule has 190 valence electrons.